The number of rotatable bonds is 7. The van der Waals surface area contributed by atoms with Crippen LogP contribution in [0.1, 0.15) is 41.5 Å². The molecule has 4 aromatic rings. The molecule has 5 rings (SSSR count). The molecule has 184 valence electrons. The predicted octanol–water partition coefficient (Wildman–Crippen LogP) is 7.65. The summed E-state index contributed by atoms with van der Waals surface area (Å²) in [5.74, 6) is 0.751. The first-order valence-corrected chi connectivity index (χ1v) is 16.3. The van der Waals surface area contributed by atoms with E-state index < -0.39 is 7.92 Å². The third-order valence-electron chi connectivity index (χ3n) is 7.86. The van der Waals surface area contributed by atoms with Gasteiger partial charge in [-0.15, -0.1) is 0 Å². The zero-order valence-electron chi connectivity index (χ0n) is 22.1. The highest BCUT2D eigenvalue weighted by molar-refractivity contribution is 7.74. The topological polar surface area (TPSA) is 0 Å². The van der Waals surface area contributed by atoms with Crippen molar-refractivity contribution in [2.75, 3.05) is 6.16 Å². The molecule has 0 spiro atoms. The summed E-state index contributed by atoms with van der Waals surface area (Å²) in [7, 11) is -0.804. The van der Waals surface area contributed by atoms with Crippen LogP contribution in [0.15, 0.2) is 97.1 Å². The maximum Gasteiger partial charge on any atom is -0.00969 e. The standard InChI is InChI=1S/C34H38P2/c1-25-14-11-15-26(2)33(25)35(34-27(3)16-12-17-28(34)4)24-29-18-13-23-32(29)36(30-19-7-5-8-20-30)31-21-9-6-10-22-31/h5-12,14-17,19-22,29,32H,13,18,23-24H2,1-4H3/t29-,32?/m1/s1. The SMILES string of the molecule is Cc1cccc(C)c1P(C[C@H]1CCCC1P(c1ccccc1)c1ccccc1)c1c(C)cccc1C. The molecule has 0 radical (unpaired) electrons. The zero-order chi connectivity index (χ0) is 25.1. The lowest BCUT2D eigenvalue weighted by Crippen LogP contribution is -2.30. The number of aryl methyl sites for hydroxylation is 4. The van der Waals surface area contributed by atoms with E-state index in [1.807, 2.05) is 0 Å². The minimum Gasteiger partial charge on any atom is -0.0622 e. The van der Waals surface area contributed by atoms with Crippen LogP contribution in [0.4, 0.5) is 0 Å². The Morgan fingerprint density at radius 2 is 1.00 bits per heavy atom. The van der Waals surface area contributed by atoms with E-state index in [1.54, 1.807) is 21.2 Å². The molecule has 1 saturated carbocycles. The highest BCUT2D eigenvalue weighted by Gasteiger charge is 2.37. The molecule has 0 saturated heterocycles. The number of hydrogen-bond donors (Lipinski definition) is 0. The van der Waals surface area contributed by atoms with Gasteiger partial charge in [0.2, 0.25) is 0 Å². The van der Waals surface area contributed by atoms with E-state index in [4.69, 9.17) is 0 Å². The predicted molar refractivity (Wildman–Crippen MR) is 163 cm³/mol. The van der Waals surface area contributed by atoms with Gasteiger partial charge in [0.15, 0.2) is 0 Å². The molecule has 2 heteroatoms. The van der Waals surface area contributed by atoms with E-state index in [9.17, 15) is 0 Å². The summed E-state index contributed by atoms with van der Waals surface area (Å²) in [5.41, 5.74) is 6.60. The van der Waals surface area contributed by atoms with Crippen LogP contribution < -0.4 is 21.2 Å². The summed E-state index contributed by atoms with van der Waals surface area (Å²) in [5, 5.41) is 6.33. The van der Waals surface area contributed by atoms with Crippen LogP contribution >= 0.6 is 15.8 Å². The van der Waals surface area contributed by atoms with Crippen molar-refractivity contribution in [3.63, 3.8) is 0 Å². The van der Waals surface area contributed by atoms with Gasteiger partial charge in [0.25, 0.3) is 0 Å². The summed E-state index contributed by atoms with van der Waals surface area (Å²) >= 11 is 0. The van der Waals surface area contributed by atoms with Gasteiger partial charge in [-0.25, -0.2) is 0 Å². The Hall–Kier alpha value is -2.26. The van der Waals surface area contributed by atoms with Gasteiger partial charge in [0, 0.05) is 0 Å². The van der Waals surface area contributed by atoms with Crippen LogP contribution in [-0.2, 0) is 0 Å². The Balaban J connectivity index is 1.58. The first-order chi connectivity index (χ1) is 17.5. The highest BCUT2D eigenvalue weighted by atomic mass is 31.1. The monoisotopic (exact) mass is 508 g/mol. The Labute approximate surface area is 220 Å². The maximum absolute atomic E-state index is 2.38. The summed E-state index contributed by atoms with van der Waals surface area (Å²) < 4.78 is 0. The Morgan fingerprint density at radius 3 is 1.44 bits per heavy atom. The molecule has 0 bridgehead atoms. The fourth-order valence-corrected chi connectivity index (χ4v) is 13.1. The van der Waals surface area contributed by atoms with Crippen LogP contribution in [0.5, 0.6) is 0 Å². The van der Waals surface area contributed by atoms with Crippen molar-refractivity contribution in [1.82, 2.24) is 0 Å². The lowest BCUT2D eigenvalue weighted by molar-refractivity contribution is 0.630. The number of hydrogen-bond acceptors (Lipinski definition) is 0. The maximum atomic E-state index is 2.38. The van der Waals surface area contributed by atoms with Crippen molar-refractivity contribution in [1.29, 1.82) is 0 Å². The van der Waals surface area contributed by atoms with E-state index in [0.717, 1.165) is 11.6 Å². The molecular weight excluding hydrogens is 470 g/mol. The summed E-state index contributed by atoms with van der Waals surface area (Å²) in [6.07, 6.45) is 5.37. The molecule has 1 aliphatic rings. The Kier molecular flexibility index (Phi) is 8.06. The van der Waals surface area contributed by atoms with Gasteiger partial charge in [-0.1, -0.05) is 103 Å². The van der Waals surface area contributed by atoms with Crippen molar-refractivity contribution in [2.24, 2.45) is 5.92 Å². The quantitative estimate of drug-likeness (QED) is 0.225. The average molecular weight is 509 g/mol. The molecule has 0 amide bonds. The van der Waals surface area contributed by atoms with E-state index in [-0.39, 0.29) is 7.92 Å². The first-order valence-electron chi connectivity index (χ1n) is 13.3. The molecule has 0 heterocycles. The molecule has 0 aliphatic heterocycles. The fourth-order valence-electron chi connectivity index (χ4n) is 6.27. The normalized spacial score (nSPS) is 17.7. The molecule has 1 fully saturated rings. The van der Waals surface area contributed by atoms with E-state index >= 15 is 0 Å². The van der Waals surface area contributed by atoms with Crippen molar-refractivity contribution in [3.8, 4) is 0 Å². The third kappa shape index (κ3) is 5.23. The van der Waals surface area contributed by atoms with Gasteiger partial charge in [-0.3, -0.25) is 0 Å². The molecule has 1 unspecified atom stereocenters. The third-order valence-corrected chi connectivity index (χ3v) is 14.2. The van der Waals surface area contributed by atoms with E-state index in [1.165, 1.54) is 47.7 Å². The lowest BCUT2D eigenvalue weighted by atomic mass is 10.1. The smallest absolute Gasteiger partial charge is 0.00969 e. The molecule has 1 aliphatic carbocycles. The van der Waals surface area contributed by atoms with Gasteiger partial charge >= 0.3 is 0 Å². The van der Waals surface area contributed by atoms with Crippen LogP contribution in [0.25, 0.3) is 0 Å². The van der Waals surface area contributed by atoms with Gasteiger partial charge in [0.1, 0.15) is 0 Å². The van der Waals surface area contributed by atoms with Crippen LogP contribution in [0.2, 0.25) is 0 Å². The summed E-state index contributed by atoms with van der Waals surface area (Å²) in [6.45, 7) is 9.33. The summed E-state index contributed by atoms with van der Waals surface area (Å²) in [4.78, 5) is 0. The minimum absolute atomic E-state index is 0.380. The number of benzene rings is 4. The fraction of sp³-hybridized carbons (Fsp3) is 0.294. The van der Waals surface area contributed by atoms with Gasteiger partial charge in [-0.05, 0) is 118 Å². The van der Waals surface area contributed by atoms with Crippen LogP contribution in [-0.4, -0.2) is 11.8 Å². The summed E-state index contributed by atoms with van der Waals surface area (Å²) in [6, 6.07) is 36.6. The second-order valence-corrected chi connectivity index (χ2v) is 14.9. The molecule has 4 aromatic carbocycles. The van der Waals surface area contributed by atoms with Crippen molar-refractivity contribution < 1.29 is 0 Å². The average Bonchev–Trinajstić information content (AvgIpc) is 3.33. The zero-order valence-corrected chi connectivity index (χ0v) is 23.9. The van der Waals surface area contributed by atoms with Gasteiger partial charge in [0.05, 0.1) is 0 Å². The van der Waals surface area contributed by atoms with E-state index in [0.29, 0.717) is 0 Å². The molecule has 2 atom stereocenters. The molecular formula is C34H38P2. The molecule has 0 aromatic heterocycles. The van der Waals surface area contributed by atoms with Gasteiger partial charge < -0.3 is 0 Å². The lowest BCUT2D eigenvalue weighted by Gasteiger charge is -2.34. The molecule has 36 heavy (non-hydrogen) atoms. The van der Waals surface area contributed by atoms with E-state index in [2.05, 4.69) is 125 Å². The van der Waals surface area contributed by atoms with Crippen molar-refractivity contribution >= 4 is 37.1 Å². The van der Waals surface area contributed by atoms with Gasteiger partial charge in [-0.2, -0.15) is 0 Å². The molecule has 0 N–H and O–H groups in total. The van der Waals surface area contributed by atoms with Crippen molar-refractivity contribution in [2.45, 2.75) is 52.6 Å². The van der Waals surface area contributed by atoms with Crippen molar-refractivity contribution in [3.05, 3.63) is 119 Å². The minimum atomic E-state index is -0.424. The second kappa shape index (κ2) is 11.4. The second-order valence-electron chi connectivity index (χ2n) is 10.4. The largest absolute Gasteiger partial charge is 0.0622 e. The van der Waals surface area contributed by atoms with Crippen LogP contribution in [0, 0.1) is 33.6 Å². The Bertz CT molecular complexity index is 1160. The van der Waals surface area contributed by atoms with Crippen LogP contribution in [0.3, 0.4) is 0 Å². The highest BCUT2D eigenvalue weighted by Crippen LogP contribution is 2.54. The Morgan fingerprint density at radius 1 is 0.556 bits per heavy atom. The molecule has 0 nitrogen and oxygen atoms in total. The first kappa shape index (κ1) is 25.4.